The fraction of sp³-hybridized carbons (Fsp3) is 0.400. The van der Waals surface area contributed by atoms with Gasteiger partial charge in [-0.25, -0.2) is 4.79 Å². The Morgan fingerprint density at radius 1 is 1.37 bits per heavy atom. The van der Waals surface area contributed by atoms with Crippen LogP contribution in [-0.4, -0.2) is 16.7 Å². The van der Waals surface area contributed by atoms with Crippen LogP contribution in [0.1, 0.15) is 43.3 Å². The molecule has 1 heterocycles. The molecule has 0 saturated carbocycles. The molecule has 1 N–H and O–H groups in total. The van der Waals surface area contributed by atoms with E-state index in [1.807, 2.05) is 39.0 Å². The number of ether oxygens (including phenoxy) is 1. The van der Waals surface area contributed by atoms with Crippen molar-refractivity contribution in [3.05, 3.63) is 35.6 Å². The maximum absolute atomic E-state index is 11.2. The maximum atomic E-state index is 11.2. The SMILES string of the molecule is CCC(C)(C)OCc1c(C(=O)O)oc2ccccc12. The monoisotopic (exact) mass is 262 g/mol. The molecule has 1 aromatic heterocycles. The zero-order valence-electron chi connectivity index (χ0n) is 11.4. The van der Waals surface area contributed by atoms with Crippen molar-refractivity contribution in [2.45, 2.75) is 39.4 Å². The molecule has 0 amide bonds. The van der Waals surface area contributed by atoms with Crippen LogP contribution >= 0.6 is 0 Å². The van der Waals surface area contributed by atoms with Crippen molar-refractivity contribution in [1.82, 2.24) is 0 Å². The molecule has 0 aliphatic carbocycles. The van der Waals surface area contributed by atoms with E-state index in [9.17, 15) is 9.90 Å². The van der Waals surface area contributed by atoms with Gasteiger partial charge in [0.05, 0.1) is 12.2 Å². The molecule has 0 spiro atoms. The molecule has 0 unspecified atom stereocenters. The molecule has 0 aliphatic rings. The predicted molar refractivity (Wildman–Crippen MR) is 72.3 cm³/mol. The number of carbonyl (C=O) groups is 1. The molecule has 0 radical (unpaired) electrons. The van der Waals surface area contributed by atoms with Crippen LogP contribution in [0.25, 0.3) is 11.0 Å². The van der Waals surface area contributed by atoms with Crippen molar-refractivity contribution in [3.63, 3.8) is 0 Å². The lowest BCUT2D eigenvalue weighted by atomic mass is 10.1. The van der Waals surface area contributed by atoms with Gasteiger partial charge in [-0.2, -0.15) is 0 Å². The van der Waals surface area contributed by atoms with Gasteiger partial charge in [0.1, 0.15) is 5.58 Å². The molecular formula is C15H18O4. The summed E-state index contributed by atoms with van der Waals surface area (Å²) in [5, 5.41) is 10.0. The van der Waals surface area contributed by atoms with Crippen LogP contribution in [0.5, 0.6) is 0 Å². The number of aromatic carboxylic acids is 1. The highest BCUT2D eigenvalue weighted by molar-refractivity contribution is 5.94. The summed E-state index contributed by atoms with van der Waals surface area (Å²) in [7, 11) is 0. The minimum absolute atomic E-state index is 0.0342. The number of hydrogen-bond acceptors (Lipinski definition) is 3. The first kappa shape index (κ1) is 13.6. The number of rotatable bonds is 5. The number of hydrogen-bond donors (Lipinski definition) is 1. The molecule has 0 atom stereocenters. The van der Waals surface area contributed by atoms with E-state index in [0.717, 1.165) is 11.8 Å². The molecule has 102 valence electrons. The van der Waals surface area contributed by atoms with Crippen molar-refractivity contribution in [3.8, 4) is 0 Å². The first-order chi connectivity index (χ1) is 8.94. The average molecular weight is 262 g/mol. The summed E-state index contributed by atoms with van der Waals surface area (Å²) in [5.41, 5.74) is 0.895. The quantitative estimate of drug-likeness (QED) is 0.889. The smallest absolute Gasteiger partial charge is 0.372 e. The third-order valence-corrected chi connectivity index (χ3v) is 3.35. The van der Waals surface area contributed by atoms with Gasteiger partial charge in [-0.3, -0.25) is 0 Å². The lowest BCUT2D eigenvalue weighted by molar-refractivity contribution is -0.0318. The Balaban J connectivity index is 2.40. The number of fused-ring (bicyclic) bond motifs is 1. The van der Waals surface area contributed by atoms with E-state index in [1.165, 1.54) is 0 Å². The normalized spacial score (nSPS) is 11.9. The van der Waals surface area contributed by atoms with Crippen LogP contribution in [0, 0.1) is 0 Å². The molecular weight excluding hydrogens is 244 g/mol. The largest absolute Gasteiger partial charge is 0.475 e. The van der Waals surface area contributed by atoms with Crippen molar-refractivity contribution >= 4 is 16.9 Å². The van der Waals surface area contributed by atoms with E-state index >= 15 is 0 Å². The molecule has 2 aromatic rings. The van der Waals surface area contributed by atoms with Gasteiger partial charge in [0.15, 0.2) is 0 Å². The Morgan fingerprint density at radius 3 is 2.68 bits per heavy atom. The molecule has 4 nitrogen and oxygen atoms in total. The third-order valence-electron chi connectivity index (χ3n) is 3.35. The van der Waals surface area contributed by atoms with Gasteiger partial charge in [-0.05, 0) is 26.3 Å². The molecule has 0 bridgehead atoms. The summed E-state index contributed by atoms with van der Waals surface area (Å²) >= 11 is 0. The number of furan rings is 1. The van der Waals surface area contributed by atoms with Crippen molar-refractivity contribution in [1.29, 1.82) is 0 Å². The van der Waals surface area contributed by atoms with Crippen LogP contribution in [-0.2, 0) is 11.3 Å². The highest BCUT2D eigenvalue weighted by atomic mass is 16.5. The average Bonchev–Trinajstić information content (AvgIpc) is 2.75. The second kappa shape index (κ2) is 5.05. The van der Waals surface area contributed by atoms with Gasteiger partial charge in [-0.1, -0.05) is 25.1 Å². The Morgan fingerprint density at radius 2 is 2.05 bits per heavy atom. The van der Waals surface area contributed by atoms with E-state index in [2.05, 4.69) is 0 Å². The van der Waals surface area contributed by atoms with Crippen LogP contribution in [0.15, 0.2) is 28.7 Å². The second-order valence-corrected chi connectivity index (χ2v) is 5.11. The second-order valence-electron chi connectivity index (χ2n) is 5.11. The standard InChI is InChI=1S/C15H18O4/c1-4-15(2,3)18-9-11-10-7-5-6-8-12(10)19-13(11)14(16)17/h5-8H,4,9H2,1-3H3,(H,16,17). The number of benzene rings is 1. The van der Waals surface area contributed by atoms with Gasteiger partial charge < -0.3 is 14.3 Å². The number of carboxylic acids is 1. The molecule has 19 heavy (non-hydrogen) atoms. The zero-order chi connectivity index (χ0) is 14.0. The molecule has 0 saturated heterocycles. The van der Waals surface area contributed by atoms with Crippen LogP contribution < -0.4 is 0 Å². The highest BCUT2D eigenvalue weighted by Gasteiger charge is 2.23. The lowest BCUT2D eigenvalue weighted by Gasteiger charge is -2.23. The van der Waals surface area contributed by atoms with E-state index < -0.39 is 5.97 Å². The minimum Gasteiger partial charge on any atom is -0.475 e. The van der Waals surface area contributed by atoms with Crippen molar-refractivity contribution in [2.75, 3.05) is 0 Å². The zero-order valence-corrected chi connectivity index (χ0v) is 11.4. The summed E-state index contributed by atoms with van der Waals surface area (Å²) in [6.07, 6.45) is 0.852. The summed E-state index contributed by atoms with van der Waals surface area (Å²) < 4.78 is 11.2. The first-order valence-corrected chi connectivity index (χ1v) is 6.32. The topological polar surface area (TPSA) is 59.7 Å². The Hall–Kier alpha value is -1.81. The van der Waals surface area contributed by atoms with Crippen LogP contribution in [0.4, 0.5) is 0 Å². The Labute approximate surface area is 112 Å². The first-order valence-electron chi connectivity index (χ1n) is 6.32. The summed E-state index contributed by atoms with van der Waals surface area (Å²) in [5.74, 6) is -1.10. The molecule has 0 aliphatic heterocycles. The van der Waals surface area contributed by atoms with Crippen LogP contribution in [0.2, 0.25) is 0 Å². The van der Waals surface area contributed by atoms with E-state index in [4.69, 9.17) is 9.15 Å². The number of para-hydroxylation sites is 1. The van der Waals surface area contributed by atoms with Gasteiger partial charge >= 0.3 is 5.97 Å². The Bertz CT molecular complexity index is 595. The highest BCUT2D eigenvalue weighted by Crippen LogP contribution is 2.28. The fourth-order valence-corrected chi connectivity index (χ4v) is 1.78. The summed E-state index contributed by atoms with van der Waals surface area (Å²) in [6, 6.07) is 7.29. The van der Waals surface area contributed by atoms with Gasteiger partial charge in [0.2, 0.25) is 5.76 Å². The van der Waals surface area contributed by atoms with Crippen molar-refractivity contribution < 1.29 is 19.1 Å². The Kier molecular flexibility index (Phi) is 3.62. The third kappa shape index (κ3) is 2.79. The maximum Gasteiger partial charge on any atom is 0.372 e. The minimum atomic E-state index is -1.07. The molecule has 4 heteroatoms. The van der Waals surface area contributed by atoms with E-state index in [0.29, 0.717) is 11.1 Å². The van der Waals surface area contributed by atoms with Gasteiger partial charge in [-0.15, -0.1) is 0 Å². The molecule has 1 aromatic carbocycles. The summed E-state index contributed by atoms with van der Waals surface area (Å²) in [4.78, 5) is 11.2. The van der Waals surface area contributed by atoms with Crippen molar-refractivity contribution in [2.24, 2.45) is 0 Å². The summed E-state index contributed by atoms with van der Waals surface area (Å²) in [6.45, 7) is 6.23. The molecule has 2 rings (SSSR count). The number of carboxylic acid groups (broad SMARTS) is 1. The predicted octanol–water partition coefficient (Wildman–Crippen LogP) is 3.84. The van der Waals surface area contributed by atoms with E-state index in [-0.39, 0.29) is 18.0 Å². The lowest BCUT2D eigenvalue weighted by Crippen LogP contribution is -2.23. The van der Waals surface area contributed by atoms with Crippen LogP contribution in [0.3, 0.4) is 0 Å². The molecule has 0 fully saturated rings. The van der Waals surface area contributed by atoms with Gasteiger partial charge in [0, 0.05) is 10.9 Å². The van der Waals surface area contributed by atoms with E-state index in [1.54, 1.807) is 6.07 Å². The fourth-order valence-electron chi connectivity index (χ4n) is 1.78. The van der Waals surface area contributed by atoms with Gasteiger partial charge in [0.25, 0.3) is 0 Å².